The maximum Gasteiger partial charge on any atom is 0.427 e. The summed E-state index contributed by atoms with van der Waals surface area (Å²) in [5, 5.41) is 3.94. The molecular weight excluding hydrogens is 248 g/mol. The number of hydrogen-bond donors (Lipinski definition) is 1. The lowest BCUT2D eigenvalue weighted by Crippen LogP contribution is -2.20. The van der Waals surface area contributed by atoms with Gasteiger partial charge in [0, 0.05) is 5.56 Å². The Kier molecular flexibility index (Phi) is 5.66. The highest BCUT2D eigenvalue weighted by atomic mass is 16.5. The average molecular weight is 266 g/mol. The smallest absolute Gasteiger partial charge is 0.427 e. The normalized spacial score (nSPS) is 10.8. The molecule has 0 aliphatic carbocycles. The highest BCUT2D eigenvalue weighted by Crippen LogP contribution is 2.27. The highest BCUT2D eigenvalue weighted by molar-refractivity contribution is 5.99. The highest BCUT2D eigenvalue weighted by Gasteiger charge is 2.07. The monoisotopic (exact) mass is 266 g/mol. The zero-order valence-corrected chi connectivity index (χ0v) is 11.5. The van der Waals surface area contributed by atoms with Crippen LogP contribution in [0.4, 0.5) is 4.79 Å². The molecule has 0 saturated carbocycles. The van der Waals surface area contributed by atoms with Gasteiger partial charge >= 0.3 is 6.09 Å². The minimum Gasteiger partial charge on any atom is -0.493 e. The van der Waals surface area contributed by atoms with E-state index >= 15 is 0 Å². The van der Waals surface area contributed by atoms with Crippen molar-refractivity contribution in [3.05, 3.63) is 23.8 Å². The standard InChI is InChI=1S/C13H18N2O4/c1-5-19-13(16)15-14-9(2)10-6-7-11(17-3)12(8-10)18-4/h6-8H,5H2,1-4H3,(H,15,16)/b14-9-. The molecule has 0 bridgehead atoms. The molecule has 0 aliphatic rings. The molecule has 1 aromatic carbocycles. The Morgan fingerprint density at radius 1 is 1.26 bits per heavy atom. The van der Waals surface area contributed by atoms with Crippen molar-refractivity contribution >= 4 is 11.8 Å². The molecule has 0 aliphatic heterocycles. The van der Waals surface area contributed by atoms with Crippen molar-refractivity contribution in [2.24, 2.45) is 5.10 Å². The lowest BCUT2D eigenvalue weighted by Gasteiger charge is -2.09. The van der Waals surface area contributed by atoms with Crippen molar-refractivity contribution in [2.45, 2.75) is 13.8 Å². The van der Waals surface area contributed by atoms with Gasteiger partial charge in [-0.1, -0.05) is 0 Å². The average Bonchev–Trinajstić information content (AvgIpc) is 2.44. The molecule has 0 fully saturated rings. The fourth-order valence-corrected chi connectivity index (χ4v) is 1.42. The molecule has 104 valence electrons. The van der Waals surface area contributed by atoms with E-state index in [1.165, 1.54) is 0 Å². The van der Waals surface area contributed by atoms with Gasteiger partial charge in [-0.2, -0.15) is 5.10 Å². The predicted molar refractivity (Wildman–Crippen MR) is 71.9 cm³/mol. The second kappa shape index (κ2) is 7.25. The summed E-state index contributed by atoms with van der Waals surface area (Å²) in [7, 11) is 3.13. The summed E-state index contributed by atoms with van der Waals surface area (Å²) in [5.74, 6) is 1.24. The van der Waals surface area contributed by atoms with Gasteiger partial charge < -0.3 is 14.2 Å². The molecule has 6 nitrogen and oxygen atoms in total. The Labute approximate surface area is 112 Å². The molecule has 1 N–H and O–H groups in total. The summed E-state index contributed by atoms with van der Waals surface area (Å²) in [4.78, 5) is 11.1. The van der Waals surface area contributed by atoms with Gasteiger partial charge in [0.1, 0.15) is 0 Å². The summed E-state index contributed by atoms with van der Waals surface area (Å²) >= 11 is 0. The fourth-order valence-electron chi connectivity index (χ4n) is 1.42. The van der Waals surface area contributed by atoms with Gasteiger partial charge in [-0.15, -0.1) is 0 Å². The van der Waals surface area contributed by atoms with E-state index in [4.69, 9.17) is 14.2 Å². The van der Waals surface area contributed by atoms with Gasteiger partial charge in [0.2, 0.25) is 0 Å². The Morgan fingerprint density at radius 3 is 2.53 bits per heavy atom. The molecule has 0 radical (unpaired) electrons. The zero-order valence-electron chi connectivity index (χ0n) is 11.5. The zero-order chi connectivity index (χ0) is 14.3. The van der Waals surface area contributed by atoms with Crippen LogP contribution in [0, 0.1) is 0 Å². The van der Waals surface area contributed by atoms with E-state index in [0.29, 0.717) is 23.8 Å². The van der Waals surface area contributed by atoms with Crippen LogP contribution < -0.4 is 14.9 Å². The number of carbonyl (C=O) groups is 1. The number of rotatable bonds is 5. The minimum atomic E-state index is -0.581. The molecule has 0 saturated heterocycles. The van der Waals surface area contributed by atoms with Crippen molar-refractivity contribution in [1.82, 2.24) is 5.43 Å². The number of benzene rings is 1. The van der Waals surface area contributed by atoms with Gasteiger partial charge in [0.15, 0.2) is 11.5 Å². The molecule has 6 heteroatoms. The van der Waals surface area contributed by atoms with E-state index in [1.807, 2.05) is 6.07 Å². The number of carbonyl (C=O) groups excluding carboxylic acids is 1. The third-order valence-corrected chi connectivity index (χ3v) is 2.39. The summed E-state index contributed by atoms with van der Waals surface area (Å²) in [6, 6.07) is 5.38. The lowest BCUT2D eigenvalue weighted by atomic mass is 10.1. The Bertz CT molecular complexity index is 472. The topological polar surface area (TPSA) is 69.2 Å². The Balaban J connectivity index is 2.84. The van der Waals surface area contributed by atoms with Crippen LogP contribution in [0.15, 0.2) is 23.3 Å². The van der Waals surface area contributed by atoms with Crippen molar-refractivity contribution in [2.75, 3.05) is 20.8 Å². The van der Waals surface area contributed by atoms with E-state index in [1.54, 1.807) is 40.2 Å². The van der Waals surface area contributed by atoms with Crippen LogP contribution in [0.2, 0.25) is 0 Å². The van der Waals surface area contributed by atoms with Crippen LogP contribution in [0.25, 0.3) is 0 Å². The summed E-state index contributed by atoms with van der Waals surface area (Å²) < 4.78 is 15.1. The van der Waals surface area contributed by atoms with Crippen LogP contribution in [0.5, 0.6) is 11.5 Å². The minimum absolute atomic E-state index is 0.302. The van der Waals surface area contributed by atoms with E-state index in [0.717, 1.165) is 5.56 Å². The van der Waals surface area contributed by atoms with E-state index in [9.17, 15) is 4.79 Å². The first-order chi connectivity index (χ1) is 9.12. The molecule has 1 aromatic rings. The largest absolute Gasteiger partial charge is 0.493 e. The maximum absolute atomic E-state index is 11.1. The first kappa shape index (κ1) is 14.8. The van der Waals surface area contributed by atoms with Crippen molar-refractivity contribution in [3.63, 3.8) is 0 Å². The van der Waals surface area contributed by atoms with Crippen molar-refractivity contribution in [1.29, 1.82) is 0 Å². The fraction of sp³-hybridized carbons (Fsp3) is 0.385. The third-order valence-electron chi connectivity index (χ3n) is 2.39. The number of ether oxygens (including phenoxy) is 3. The number of nitrogens with one attached hydrogen (secondary N) is 1. The summed E-state index contributed by atoms with van der Waals surface area (Å²) in [6.07, 6.45) is -0.581. The predicted octanol–water partition coefficient (Wildman–Crippen LogP) is 2.17. The summed E-state index contributed by atoms with van der Waals surface area (Å²) in [5.41, 5.74) is 3.75. The quantitative estimate of drug-likeness (QED) is 0.655. The number of methoxy groups -OCH3 is 2. The molecule has 0 heterocycles. The Hall–Kier alpha value is -2.24. The van der Waals surface area contributed by atoms with Crippen molar-refractivity contribution in [3.8, 4) is 11.5 Å². The number of hydrogen-bond acceptors (Lipinski definition) is 5. The van der Waals surface area contributed by atoms with Gasteiger partial charge in [0.25, 0.3) is 0 Å². The van der Waals surface area contributed by atoms with E-state index in [2.05, 4.69) is 10.5 Å². The summed E-state index contributed by atoms with van der Waals surface area (Å²) in [6.45, 7) is 3.80. The second-order valence-corrected chi connectivity index (χ2v) is 3.60. The van der Waals surface area contributed by atoms with Gasteiger partial charge in [-0.05, 0) is 32.0 Å². The van der Waals surface area contributed by atoms with Crippen molar-refractivity contribution < 1.29 is 19.0 Å². The first-order valence-electron chi connectivity index (χ1n) is 5.81. The van der Waals surface area contributed by atoms with Crippen LogP contribution in [-0.2, 0) is 4.74 Å². The third kappa shape index (κ3) is 4.17. The van der Waals surface area contributed by atoms with Gasteiger partial charge in [-0.3, -0.25) is 0 Å². The Morgan fingerprint density at radius 2 is 1.95 bits per heavy atom. The molecule has 19 heavy (non-hydrogen) atoms. The van der Waals surface area contributed by atoms with Crippen LogP contribution >= 0.6 is 0 Å². The van der Waals surface area contributed by atoms with Gasteiger partial charge in [-0.25, -0.2) is 10.2 Å². The van der Waals surface area contributed by atoms with Gasteiger partial charge in [0.05, 0.1) is 26.5 Å². The van der Waals surface area contributed by atoms with E-state index in [-0.39, 0.29) is 0 Å². The molecule has 1 rings (SSSR count). The molecule has 0 spiro atoms. The second-order valence-electron chi connectivity index (χ2n) is 3.60. The molecule has 1 amide bonds. The van der Waals surface area contributed by atoms with Crippen LogP contribution in [-0.4, -0.2) is 32.6 Å². The number of amides is 1. The van der Waals surface area contributed by atoms with E-state index < -0.39 is 6.09 Å². The van der Waals surface area contributed by atoms with Crippen LogP contribution in [0.3, 0.4) is 0 Å². The molecule has 0 atom stereocenters. The SMILES string of the molecule is CCOC(=O)N/N=C(/C)c1ccc(OC)c(OC)c1. The first-order valence-corrected chi connectivity index (χ1v) is 5.81. The maximum atomic E-state index is 11.1. The van der Waals surface area contributed by atoms with Crippen LogP contribution in [0.1, 0.15) is 19.4 Å². The molecule has 0 aromatic heterocycles. The number of nitrogens with zero attached hydrogens (tertiary/aromatic N) is 1. The lowest BCUT2D eigenvalue weighted by molar-refractivity contribution is 0.152. The number of hydrazone groups is 1. The molecular formula is C13H18N2O4. The molecule has 0 unspecified atom stereocenters.